The van der Waals surface area contributed by atoms with Gasteiger partial charge < -0.3 is 10.6 Å². The fraction of sp³-hybridized carbons (Fsp3) is 0.267. The van der Waals surface area contributed by atoms with Crippen LogP contribution in [0.4, 0.5) is 11.5 Å². The standard InChI is InChI=1S/C15H18N4O/c1-3-11(2)18-13-6-7-14(17-10-13)19-15(20)12-5-4-8-16-9-12/h4-11,18H,3H2,1-2H3,(H,17,19,20). The third-order valence-electron chi connectivity index (χ3n) is 2.95. The maximum absolute atomic E-state index is 11.9. The van der Waals surface area contributed by atoms with E-state index in [9.17, 15) is 4.79 Å². The topological polar surface area (TPSA) is 66.9 Å². The number of carbonyl (C=O) groups is 1. The molecule has 2 aromatic heterocycles. The molecule has 0 aliphatic carbocycles. The van der Waals surface area contributed by atoms with E-state index in [1.54, 1.807) is 30.6 Å². The Morgan fingerprint density at radius 2 is 2.15 bits per heavy atom. The summed E-state index contributed by atoms with van der Waals surface area (Å²) in [7, 11) is 0. The first-order valence-electron chi connectivity index (χ1n) is 6.63. The fourth-order valence-corrected chi connectivity index (χ4v) is 1.63. The van der Waals surface area contributed by atoms with Crippen molar-refractivity contribution in [2.24, 2.45) is 0 Å². The minimum Gasteiger partial charge on any atom is -0.381 e. The van der Waals surface area contributed by atoms with Gasteiger partial charge in [0.15, 0.2) is 0 Å². The number of pyridine rings is 2. The number of aromatic nitrogens is 2. The van der Waals surface area contributed by atoms with Gasteiger partial charge in [-0.2, -0.15) is 0 Å². The summed E-state index contributed by atoms with van der Waals surface area (Å²) in [6.07, 6.45) is 5.91. The zero-order valence-corrected chi connectivity index (χ0v) is 11.6. The minimum absolute atomic E-state index is 0.215. The highest BCUT2D eigenvalue weighted by Gasteiger charge is 2.06. The van der Waals surface area contributed by atoms with Gasteiger partial charge in [-0.3, -0.25) is 9.78 Å². The molecular formula is C15H18N4O. The van der Waals surface area contributed by atoms with Crippen molar-refractivity contribution in [2.75, 3.05) is 10.6 Å². The molecule has 0 aromatic carbocycles. The molecule has 0 bridgehead atoms. The van der Waals surface area contributed by atoms with Crippen LogP contribution in [0.2, 0.25) is 0 Å². The van der Waals surface area contributed by atoms with Crippen molar-refractivity contribution >= 4 is 17.4 Å². The lowest BCUT2D eigenvalue weighted by Crippen LogP contribution is -2.15. The molecule has 2 N–H and O–H groups in total. The highest BCUT2D eigenvalue weighted by Crippen LogP contribution is 2.12. The molecule has 2 heterocycles. The molecule has 0 aliphatic rings. The first-order chi connectivity index (χ1) is 9.69. The van der Waals surface area contributed by atoms with Gasteiger partial charge in [-0.1, -0.05) is 6.92 Å². The second kappa shape index (κ2) is 6.65. The summed E-state index contributed by atoms with van der Waals surface area (Å²) in [5.74, 6) is 0.307. The van der Waals surface area contributed by atoms with Crippen molar-refractivity contribution in [3.05, 3.63) is 48.4 Å². The molecule has 0 aliphatic heterocycles. The van der Waals surface area contributed by atoms with Crippen molar-refractivity contribution in [3.8, 4) is 0 Å². The monoisotopic (exact) mass is 270 g/mol. The average Bonchev–Trinajstić information content (AvgIpc) is 2.50. The van der Waals surface area contributed by atoms with E-state index < -0.39 is 0 Å². The smallest absolute Gasteiger partial charge is 0.258 e. The third-order valence-corrected chi connectivity index (χ3v) is 2.95. The van der Waals surface area contributed by atoms with E-state index in [1.165, 1.54) is 6.20 Å². The molecule has 104 valence electrons. The molecule has 1 unspecified atom stereocenters. The zero-order valence-electron chi connectivity index (χ0n) is 11.6. The average molecular weight is 270 g/mol. The quantitative estimate of drug-likeness (QED) is 0.876. The SMILES string of the molecule is CCC(C)Nc1ccc(NC(=O)c2cccnc2)nc1. The second-order valence-electron chi connectivity index (χ2n) is 4.58. The Hall–Kier alpha value is -2.43. The molecule has 1 amide bonds. The summed E-state index contributed by atoms with van der Waals surface area (Å²) in [6, 6.07) is 7.51. The van der Waals surface area contributed by atoms with Crippen LogP contribution < -0.4 is 10.6 Å². The minimum atomic E-state index is -0.215. The van der Waals surface area contributed by atoms with E-state index in [-0.39, 0.29) is 5.91 Å². The molecule has 5 heteroatoms. The van der Waals surface area contributed by atoms with Crippen LogP contribution in [0, 0.1) is 0 Å². The lowest BCUT2D eigenvalue weighted by atomic mass is 10.2. The number of hydrogen-bond donors (Lipinski definition) is 2. The van der Waals surface area contributed by atoms with E-state index in [0.717, 1.165) is 12.1 Å². The lowest BCUT2D eigenvalue weighted by molar-refractivity contribution is 0.102. The molecule has 0 fully saturated rings. The Bertz CT molecular complexity index is 554. The summed E-state index contributed by atoms with van der Waals surface area (Å²) < 4.78 is 0. The third kappa shape index (κ3) is 3.78. The van der Waals surface area contributed by atoms with E-state index in [1.807, 2.05) is 6.07 Å². The van der Waals surface area contributed by atoms with Crippen molar-refractivity contribution in [3.63, 3.8) is 0 Å². The summed E-state index contributed by atoms with van der Waals surface area (Å²) in [5.41, 5.74) is 1.45. The van der Waals surface area contributed by atoms with Crippen LogP contribution >= 0.6 is 0 Å². The van der Waals surface area contributed by atoms with Crippen molar-refractivity contribution in [2.45, 2.75) is 26.3 Å². The number of nitrogens with one attached hydrogen (secondary N) is 2. The van der Waals surface area contributed by atoms with Crippen LogP contribution in [0.5, 0.6) is 0 Å². The maximum Gasteiger partial charge on any atom is 0.258 e. The first kappa shape index (κ1) is 14.0. The Labute approximate surface area is 118 Å². The van der Waals surface area contributed by atoms with Gasteiger partial charge in [0.2, 0.25) is 0 Å². The van der Waals surface area contributed by atoms with Crippen LogP contribution in [-0.2, 0) is 0 Å². The summed E-state index contributed by atoms with van der Waals surface area (Å²) >= 11 is 0. The van der Waals surface area contributed by atoms with Crippen LogP contribution in [0.1, 0.15) is 30.6 Å². The molecule has 5 nitrogen and oxygen atoms in total. The van der Waals surface area contributed by atoms with Gasteiger partial charge in [-0.25, -0.2) is 4.98 Å². The Morgan fingerprint density at radius 3 is 2.75 bits per heavy atom. The van der Waals surface area contributed by atoms with Crippen LogP contribution in [-0.4, -0.2) is 21.9 Å². The molecule has 2 rings (SSSR count). The van der Waals surface area contributed by atoms with Gasteiger partial charge in [0.05, 0.1) is 17.4 Å². The maximum atomic E-state index is 11.9. The van der Waals surface area contributed by atoms with Gasteiger partial charge in [-0.05, 0) is 37.6 Å². The Balaban J connectivity index is 1.99. The van der Waals surface area contributed by atoms with Crippen LogP contribution in [0.3, 0.4) is 0 Å². The summed E-state index contributed by atoms with van der Waals surface area (Å²) in [4.78, 5) is 20.0. The molecule has 0 radical (unpaired) electrons. The normalized spacial score (nSPS) is 11.7. The van der Waals surface area contributed by atoms with Gasteiger partial charge in [0.1, 0.15) is 5.82 Å². The molecular weight excluding hydrogens is 252 g/mol. The molecule has 2 aromatic rings. The Kier molecular flexibility index (Phi) is 4.65. The van der Waals surface area contributed by atoms with E-state index >= 15 is 0 Å². The predicted octanol–water partition coefficient (Wildman–Crippen LogP) is 2.94. The van der Waals surface area contributed by atoms with Gasteiger partial charge in [0, 0.05) is 18.4 Å². The summed E-state index contributed by atoms with van der Waals surface area (Å²) in [5, 5.41) is 6.05. The van der Waals surface area contributed by atoms with Gasteiger partial charge in [-0.15, -0.1) is 0 Å². The van der Waals surface area contributed by atoms with E-state index in [4.69, 9.17) is 0 Å². The van der Waals surface area contributed by atoms with Crippen molar-refractivity contribution in [1.29, 1.82) is 0 Å². The summed E-state index contributed by atoms with van der Waals surface area (Å²) in [6.45, 7) is 4.23. The molecule has 20 heavy (non-hydrogen) atoms. The van der Waals surface area contributed by atoms with Gasteiger partial charge in [0.25, 0.3) is 5.91 Å². The van der Waals surface area contributed by atoms with Crippen molar-refractivity contribution in [1.82, 2.24) is 9.97 Å². The van der Waals surface area contributed by atoms with Crippen molar-refractivity contribution < 1.29 is 4.79 Å². The highest BCUT2D eigenvalue weighted by molar-refractivity contribution is 6.03. The predicted molar refractivity (Wildman–Crippen MR) is 79.8 cm³/mol. The molecule has 1 atom stereocenters. The molecule has 0 saturated carbocycles. The highest BCUT2D eigenvalue weighted by atomic mass is 16.1. The zero-order chi connectivity index (χ0) is 14.4. The number of carbonyl (C=O) groups excluding carboxylic acids is 1. The first-order valence-corrected chi connectivity index (χ1v) is 6.63. The number of amides is 1. The van der Waals surface area contributed by atoms with E-state index in [2.05, 4.69) is 34.4 Å². The number of rotatable bonds is 5. The van der Waals surface area contributed by atoms with Crippen LogP contribution in [0.15, 0.2) is 42.9 Å². The largest absolute Gasteiger partial charge is 0.381 e. The number of hydrogen-bond acceptors (Lipinski definition) is 4. The lowest BCUT2D eigenvalue weighted by Gasteiger charge is -2.12. The molecule has 0 saturated heterocycles. The second-order valence-corrected chi connectivity index (χ2v) is 4.58. The van der Waals surface area contributed by atoms with Gasteiger partial charge >= 0.3 is 0 Å². The molecule has 0 spiro atoms. The Morgan fingerprint density at radius 1 is 1.30 bits per heavy atom. The number of nitrogens with zero attached hydrogens (tertiary/aromatic N) is 2. The van der Waals surface area contributed by atoms with E-state index in [0.29, 0.717) is 17.4 Å². The number of anilines is 2. The van der Waals surface area contributed by atoms with Crippen LogP contribution in [0.25, 0.3) is 0 Å². The fourth-order valence-electron chi connectivity index (χ4n) is 1.63.